The molecule has 3 rings (SSSR count). The van der Waals surface area contributed by atoms with Crippen LogP contribution in [0.3, 0.4) is 0 Å². The van der Waals surface area contributed by atoms with E-state index in [-0.39, 0.29) is 11.4 Å². The molecule has 1 spiro atoms. The normalized spacial score (nSPS) is 21.4. The maximum absolute atomic E-state index is 11.8. The minimum absolute atomic E-state index is 0.0302. The molecule has 0 saturated heterocycles. The predicted molar refractivity (Wildman–Crippen MR) is 62.4 cm³/mol. The Morgan fingerprint density at radius 1 is 1.44 bits per heavy atom. The van der Waals surface area contributed by atoms with Crippen molar-refractivity contribution in [1.29, 1.82) is 0 Å². The van der Waals surface area contributed by atoms with Gasteiger partial charge in [0.15, 0.2) is 0 Å². The van der Waals surface area contributed by atoms with E-state index in [0.717, 1.165) is 29.9 Å². The molecule has 0 unspecified atom stereocenters. The summed E-state index contributed by atoms with van der Waals surface area (Å²) < 4.78 is 0. The molecule has 1 saturated carbocycles. The number of rotatable bonds is 0. The van der Waals surface area contributed by atoms with Crippen molar-refractivity contribution >= 4 is 17.4 Å². The molecule has 0 atom stereocenters. The van der Waals surface area contributed by atoms with Crippen LogP contribution >= 0.6 is 0 Å². The van der Waals surface area contributed by atoms with E-state index in [9.17, 15) is 4.79 Å². The van der Waals surface area contributed by atoms with Gasteiger partial charge in [-0.25, -0.2) is 4.98 Å². The van der Waals surface area contributed by atoms with Crippen LogP contribution in [0.15, 0.2) is 12.3 Å². The summed E-state index contributed by atoms with van der Waals surface area (Å²) in [6.07, 6.45) is 5.71. The Labute approximate surface area is 94.5 Å². The van der Waals surface area contributed by atoms with Crippen molar-refractivity contribution in [2.24, 2.45) is 0 Å². The van der Waals surface area contributed by atoms with E-state index in [0.29, 0.717) is 6.42 Å². The van der Waals surface area contributed by atoms with Crippen molar-refractivity contribution in [3.05, 3.63) is 17.8 Å². The second-order valence-electron chi connectivity index (χ2n) is 4.89. The van der Waals surface area contributed by atoms with Crippen LogP contribution in [0.5, 0.6) is 0 Å². The zero-order chi connectivity index (χ0) is 11.2. The summed E-state index contributed by atoms with van der Waals surface area (Å²) in [5, 5.41) is 6.36. The predicted octanol–water partition coefficient (Wildman–Crippen LogP) is 2.07. The summed E-state index contributed by atoms with van der Waals surface area (Å²) in [7, 11) is 0. The molecule has 2 heterocycles. The van der Waals surface area contributed by atoms with Gasteiger partial charge in [-0.1, -0.05) is 0 Å². The number of carbonyl (C=O) groups is 1. The van der Waals surface area contributed by atoms with E-state index in [4.69, 9.17) is 0 Å². The molecule has 1 aliphatic heterocycles. The van der Waals surface area contributed by atoms with Crippen LogP contribution in [-0.4, -0.2) is 16.4 Å². The number of hydrogen-bond donors (Lipinski definition) is 2. The van der Waals surface area contributed by atoms with Crippen molar-refractivity contribution in [3.8, 4) is 0 Å². The Bertz CT molecular complexity index is 452. The van der Waals surface area contributed by atoms with Crippen LogP contribution in [-0.2, 0) is 4.79 Å². The van der Waals surface area contributed by atoms with Gasteiger partial charge in [-0.3, -0.25) is 4.79 Å². The second-order valence-corrected chi connectivity index (χ2v) is 4.89. The number of aromatic nitrogens is 1. The molecular formula is C12H15N3O. The number of nitrogens with one attached hydrogen (secondary N) is 2. The molecule has 0 aromatic carbocycles. The quantitative estimate of drug-likeness (QED) is 0.699. The first kappa shape index (κ1) is 9.63. The number of aryl methyl sites for hydroxylation is 1. The van der Waals surface area contributed by atoms with Gasteiger partial charge in [-0.05, 0) is 37.8 Å². The number of pyridine rings is 1. The highest BCUT2D eigenvalue weighted by atomic mass is 16.1. The van der Waals surface area contributed by atoms with E-state index >= 15 is 0 Å². The minimum Gasteiger partial charge on any atom is -0.362 e. The van der Waals surface area contributed by atoms with Crippen molar-refractivity contribution in [3.63, 3.8) is 0 Å². The summed E-state index contributed by atoms with van der Waals surface area (Å²) in [6.45, 7) is 1.98. The Balaban J connectivity index is 2.01. The maximum Gasteiger partial charge on any atom is 0.226 e. The summed E-state index contributed by atoms with van der Waals surface area (Å²) in [4.78, 5) is 16.2. The first-order valence-corrected chi connectivity index (χ1v) is 5.72. The molecule has 0 radical (unpaired) electrons. The first-order valence-electron chi connectivity index (χ1n) is 5.72. The molecule has 1 fully saturated rings. The van der Waals surface area contributed by atoms with Gasteiger partial charge in [0.25, 0.3) is 0 Å². The average Bonchev–Trinajstić information content (AvgIpc) is 2.32. The lowest BCUT2D eigenvalue weighted by Crippen LogP contribution is -2.46. The fourth-order valence-corrected chi connectivity index (χ4v) is 2.47. The van der Waals surface area contributed by atoms with Crippen LogP contribution in [0.1, 0.15) is 31.2 Å². The fourth-order valence-electron chi connectivity index (χ4n) is 2.47. The third-order valence-electron chi connectivity index (χ3n) is 3.49. The Morgan fingerprint density at radius 3 is 2.94 bits per heavy atom. The molecule has 0 bridgehead atoms. The molecule has 2 aliphatic rings. The van der Waals surface area contributed by atoms with Crippen molar-refractivity contribution in [2.75, 3.05) is 10.6 Å². The minimum atomic E-state index is -0.0302. The zero-order valence-electron chi connectivity index (χ0n) is 9.34. The molecular weight excluding hydrogens is 202 g/mol. The van der Waals surface area contributed by atoms with Gasteiger partial charge >= 0.3 is 0 Å². The highest BCUT2D eigenvalue weighted by Crippen LogP contribution is 2.41. The largest absolute Gasteiger partial charge is 0.362 e. The van der Waals surface area contributed by atoms with Crippen LogP contribution in [0.4, 0.5) is 11.5 Å². The number of nitrogens with zero attached hydrogens (tertiary/aromatic N) is 1. The monoisotopic (exact) mass is 217 g/mol. The maximum atomic E-state index is 11.8. The molecule has 16 heavy (non-hydrogen) atoms. The van der Waals surface area contributed by atoms with Crippen molar-refractivity contribution in [1.82, 2.24) is 4.98 Å². The topological polar surface area (TPSA) is 54.0 Å². The Kier molecular flexibility index (Phi) is 1.93. The van der Waals surface area contributed by atoms with Crippen LogP contribution in [0.2, 0.25) is 0 Å². The van der Waals surface area contributed by atoms with E-state index in [2.05, 4.69) is 15.6 Å². The summed E-state index contributed by atoms with van der Waals surface area (Å²) in [6, 6.07) is 1.96. The fraction of sp³-hybridized carbons (Fsp3) is 0.500. The third-order valence-corrected chi connectivity index (χ3v) is 3.49. The zero-order valence-corrected chi connectivity index (χ0v) is 9.34. The van der Waals surface area contributed by atoms with Gasteiger partial charge < -0.3 is 10.6 Å². The SMILES string of the molecule is Cc1cnc2c(c1)NC(=O)CC1(CCC1)N2. The summed E-state index contributed by atoms with van der Waals surface area (Å²) >= 11 is 0. The molecule has 84 valence electrons. The molecule has 1 aromatic rings. The van der Waals surface area contributed by atoms with Crippen molar-refractivity contribution < 1.29 is 4.79 Å². The molecule has 1 aliphatic carbocycles. The molecule has 4 nitrogen and oxygen atoms in total. The van der Waals surface area contributed by atoms with Gasteiger partial charge in [-0.2, -0.15) is 0 Å². The molecule has 1 aromatic heterocycles. The van der Waals surface area contributed by atoms with E-state index < -0.39 is 0 Å². The lowest BCUT2D eigenvalue weighted by molar-refractivity contribution is -0.117. The summed E-state index contributed by atoms with van der Waals surface area (Å²) in [5.41, 5.74) is 1.84. The smallest absolute Gasteiger partial charge is 0.226 e. The van der Waals surface area contributed by atoms with E-state index in [1.54, 1.807) is 0 Å². The number of amides is 1. The number of anilines is 2. The van der Waals surface area contributed by atoms with Gasteiger partial charge in [0.1, 0.15) is 5.82 Å². The Morgan fingerprint density at radius 2 is 2.25 bits per heavy atom. The Hall–Kier alpha value is -1.58. The third kappa shape index (κ3) is 1.45. The molecule has 2 N–H and O–H groups in total. The van der Waals surface area contributed by atoms with Gasteiger partial charge in [0.2, 0.25) is 5.91 Å². The summed E-state index contributed by atoms with van der Waals surface area (Å²) in [5.74, 6) is 0.912. The lowest BCUT2D eigenvalue weighted by atomic mass is 9.74. The van der Waals surface area contributed by atoms with Gasteiger partial charge in [0, 0.05) is 18.2 Å². The van der Waals surface area contributed by atoms with Crippen LogP contribution < -0.4 is 10.6 Å². The average molecular weight is 217 g/mol. The highest BCUT2D eigenvalue weighted by molar-refractivity contribution is 5.96. The number of hydrogen-bond acceptors (Lipinski definition) is 3. The lowest BCUT2D eigenvalue weighted by Gasteiger charge is -2.41. The second kappa shape index (κ2) is 3.20. The van der Waals surface area contributed by atoms with E-state index in [1.807, 2.05) is 19.2 Å². The van der Waals surface area contributed by atoms with Gasteiger partial charge in [-0.15, -0.1) is 0 Å². The van der Waals surface area contributed by atoms with Crippen LogP contribution in [0.25, 0.3) is 0 Å². The van der Waals surface area contributed by atoms with Crippen molar-refractivity contribution in [2.45, 2.75) is 38.1 Å². The van der Waals surface area contributed by atoms with Gasteiger partial charge in [0.05, 0.1) is 5.69 Å². The molecule has 1 amide bonds. The molecule has 4 heteroatoms. The first-order chi connectivity index (χ1) is 7.67. The number of carbonyl (C=O) groups excluding carboxylic acids is 1. The van der Waals surface area contributed by atoms with Crippen LogP contribution in [0, 0.1) is 6.92 Å². The standard InChI is InChI=1S/C12H15N3O/c1-8-5-9-11(13-7-8)15-12(3-2-4-12)6-10(16)14-9/h5,7H,2-4,6H2,1H3,(H,13,15)(H,14,16). The highest BCUT2D eigenvalue weighted by Gasteiger charge is 2.41. The number of fused-ring (bicyclic) bond motifs is 1. The van der Waals surface area contributed by atoms with E-state index in [1.165, 1.54) is 6.42 Å².